The number of likely N-dealkylation sites (N-methyl/N-ethyl adjacent to an activating group) is 1. The van der Waals surface area contributed by atoms with Crippen LogP contribution in [0.15, 0.2) is 40.9 Å². The number of hydrogen-bond acceptors (Lipinski definition) is 2. The predicted molar refractivity (Wildman–Crippen MR) is 71.5 cm³/mol. The summed E-state index contributed by atoms with van der Waals surface area (Å²) >= 11 is 3.49. The Balaban J connectivity index is 2.25. The van der Waals surface area contributed by atoms with E-state index in [9.17, 15) is 0 Å². The minimum atomic E-state index is 0.605. The minimum absolute atomic E-state index is 0.605. The molecule has 1 aromatic rings. The number of benzene rings is 1. The Morgan fingerprint density at radius 2 is 2.19 bits per heavy atom. The first kappa shape index (κ1) is 13.4. The van der Waals surface area contributed by atoms with Crippen LogP contribution in [0.3, 0.4) is 0 Å². The molecule has 0 spiro atoms. The highest BCUT2D eigenvalue weighted by Crippen LogP contribution is 2.16. The lowest BCUT2D eigenvalue weighted by molar-refractivity contribution is 0.141. The van der Waals surface area contributed by atoms with Gasteiger partial charge in [0.25, 0.3) is 0 Å². The Morgan fingerprint density at radius 3 is 2.88 bits per heavy atom. The summed E-state index contributed by atoms with van der Waals surface area (Å²) in [6, 6.07) is 8.08. The van der Waals surface area contributed by atoms with Crippen LogP contribution in [0.1, 0.15) is 12.5 Å². The van der Waals surface area contributed by atoms with Crippen LogP contribution in [0.5, 0.6) is 0 Å². The van der Waals surface area contributed by atoms with Crippen molar-refractivity contribution in [2.24, 2.45) is 0 Å². The molecule has 0 aromatic heterocycles. The van der Waals surface area contributed by atoms with E-state index in [1.54, 1.807) is 0 Å². The van der Waals surface area contributed by atoms with Crippen molar-refractivity contribution in [3.8, 4) is 0 Å². The smallest absolute Gasteiger partial charge is 0.0732 e. The van der Waals surface area contributed by atoms with E-state index in [1.165, 1.54) is 5.56 Å². The summed E-state index contributed by atoms with van der Waals surface area (Å²) in [5.74, 6) is 0. The minimum Gasteiger partial charge on any atom is -0.372 e. The van der Waals surface area contributed by atoms with E-state index in [0.717, 1.165) is 23.1 Å². The second kappa shape index (κ2) is 7.60. The second-order valence-corrected chi connectivity index (χ2v) is 4.47. The third-order valence-corrected chi connectivity index (χ3v) is 2.92. The molecular formula is C13H18BrNO. The highest BCUT2D eigenvalue weighted by molar-refractivity contribution is 9.10. The molecule has 1 N–H and O–H groups in total. The molecule has 3 heteroatoms. The maximum Gasteiger partial charge on any atom is 0.0732 e. The summed E-state index contributed by atoms with van der Waals surface area (Å²) in [6.45, 7) is 9.04. The molecule has 0 atom stereocenters. The summed E-state index contributed by atoms with van der Waals surface area (Å²) < 4.78 is 6.68. The SMILES string of the molecule is C=C(CNCC)COCc1ccccc1Br. The normalized spacial score (nSPS) is 10.4. The maximum absolute atomic E-state index is 5.59. The molecule has 88 valence electrons. The molecule has 1 aromatic carbocycles. The number of halogens is 1. The average molecular weight is 284 g/mol. The van der Waals surface area contributed by atoms with Crippen molar-refractivity contribution in [1.29, 1.82) is 0 Å². The molecule has 0 saturated carbocycles. The van der Waals surface area contributed by atoms with E-state index in [4.69, 9.17) is 4.74 Å². The fourth-order valence-electron chi connectivity index (χ4n) is 1.27. The number of hydrogen-bond donors (Lipinski definition) is 1. The van der Waals surface area contributed by atoms with Crippen molar-refractivity contribution >= 4 is 15.9 Å². The van der Waals surface area contributed by atoms with Gasteiger partial charge in [-0.3, -0.25) is 0 Å². The second-order valence-electron chi connectivity index (χ2n) is 3.61. The third-order valence-electron chi connectivity index (χ3n) is 2.15. The van der Waals surface area contributed by atoms with Crippen LogP contribution < -0.4 is 5.32 Å². The Labute approximate surface area is 106 Å². The first-order chi connectivity index (χ1) is 7.74. The fourth-order valence-corrected chi connectivity index (χ4v) is 1.67. The fraction of sp³-hybridized carbons (Fsp3) is 0.385. The first-order valence-electron chi connectivity index (χ1n) is 5.42. The molecule has 0 bridgehead atoms. The largest absolute Gasteiger partial charge is 0.372 e. The first-order valence-corrected chi connectivity index (χ1v) is 6.22. The Hall–Kier alpha value is -0.640. The molecule has 0 amide bonds. The lowest BCUT2D eigenvalue weighted by Crippen LogP contribution is -2.18. The van der Waals surface area contributed by atoms with Crippen LogP contribution in [0.25, 0.3) is 0 Å². The van der Waals surface area contributed by atoms with Crippen molar-refractivity contribution < 1.29 is 4.74 Å². The topological polar surface area (TPSA) is 21.3 Å². The van der Waals surface area contributed by atoms with Crippen molar-refractivity contribution in [1.82, 2.24) is 5.32 Å². The van der Waals surface area contributed by atoms with Gasteiger partial charge in [0.15, 0.2) is 0 Å². The molecule has 0 unspecified atom stereocenters. The van der Waals surface area contributed by atoms with Gasteiger partial charge < -0.3 is 10.1 Å². The maximum atomic E-state index is 5.59. The van der Waals surface area contributed by atoms with E-state index in [1.807, 2.05) is 18.2 Å². The molecule has 0 heterocycles. The molecule has 16 heavy (non-hydrogen) atoms. The molecule has 0 fully saturated rings. The molecule has 0 radical (unpaired) electrons. The van der Waals surface area contributed by atoms with Gasteiger partial charge in [0.05, 0.1) is 13.2 Å². The van der Waals surface area contributed by atoms with Gasteiger partial charge in [-0.15, -0.1) is 0 Å². The molecule has 0 aliphatic heterocycles. The summed E-state index contributed by atoms with van der Waals surface area (Å²) in [5.41, 5.74) is 2.24. The van der Waals surface area contributed by atoms with E-state index in [-0.39, 0.29) is 0 Å². The van der Waals surface area contributed by atoms with Crippen molar-refractivity contribution in [3.63, 3.8) is 0 Å². The highest BCUT2D eigenvalue weighted by Gasteiger charge is 1.99. The van der Waals surface area contributed by atoms with Crippen LogP contribution in [0.4, 0.5) is 0 Å². The quantitative estimate of drug-likeness (QED) is 0.777. The summed E-state index contributed by atoms with van der Waals surface area (Å²) in [6.07, 6.45) is 0. The molecular weight excluding hydrogens is 266 g/mol. The molecule has 0 aliphatic carbocycles. The molecule has 0 aliphatic rings. The van der Waals surface area contributed by atoms with Gasteiger partial charge in [0.2, 0.25) is 0 Å². The zero-order chi connectivity index (χ0) is 11.8. The zero-order valence-corrected chi connectivity index (χ0v) is 11.2. The van der Waals surface area contributed by atoms with E-state index in [0.29, 0.717) is 13.2 Å². The Morgan fingerprint density at radius 1 is 1.44 bits per heavy atom. The van der Waals surface area contributed by atoms with Gasteiger partial charge >= 0.3 is 0 Å². The van der Waals surface area contributed by atoms with Gasteiger partial charge in [-0.25, -0.2) is 0 Å². The summed E-state index contributed by atoms with van der Waals surface area (Å²) in [7, 11) is 0. The van der Waals surface area contributed by atoms with Gasteiger partial charge in [0.1, 0.15) is 0 Å². The Bertz CT molecular complexity index is 338. The van der Waals surface area contributed by atoms with Crippen LogP contribution in [-0.4, -0.2) is 19.7 Å². The standard InChI is InChI=1S/C13H18BrNO/c1-3-15-8-11(2)9-16-10-12-6-4-5-7-13(12)14/h4-7,15H,2-3,8-10H2,1H3. The van der Waals surface area contributed by atoms with E-state index < -0.39 is 0 Å². The van der Waals surface area contributed by atoms with Crippen LogP contribution in [0.2, 0.25) is 0 Å². The number of nitrogens with one attached hydrogen (secondary N) is 1. The zero-order valence-electron chi connectivity index (χ0n) is 9.63. The van der Waals surface area contributed by atoms with Crippen molar-refractivity contribution in [3.05, 3.63) is 46.5 Å². The lowest BCUT2D eigenvalue weighted by atomic mass is 10.2. The number of ether oxygens (including phenoxy) is 1. The molecule has 0 saturated heterocycles. The third kappa shape index (κ3) is 4.92. The average Bonchev–Trinajstić information content (AvgIpc) is 2.29. The van der Waals surface area contributed by atoms with Crippen LogP contribution in [-0.2, 0) is 11.3 Å². The van der Waals surface area contributed by atoms with Crippen LogP contribution in [0, 0.1) is 0 Å². The molecule has 2 nitrogen and oxygen atoms in total. The van der Waals surface area contributed by atoms with Gasteiger partial charge in [-0.1, -0.05) is 47.6 Å². The van der Waals surface area contributed by atoms with Gasteiger partial charge in [-0.2, -0.15) is 0 Å². The van der Waals surface area contributed by atoms with Crippen molar-refractivity contribution in [2.75, 3.05) is 19.7 Å². The summed E-state index contributed by atoms with van der Waals surface area (Å²) in [4.78, 5) is 0. The van der Waals surface area contributed by atoms with Crippen molar-refractivity contribution in [2.45, 2.75) is 13.5 Å². The monoisotopic (exact) mass is 283 g/mol. The highest BCUT2D eigenvalue weighted by atomic mass is 79.9. The van der Waals surface area contributed by atoms with E-state index in [2.05, 4.69) is 40.8 Å². The van der Waals surface area contributed by atoms with Crippen LogP contribution >= 0.6 is 15.9 Å². The van der Waals surface area contributed by atoms with E-state index >= 15 is 0 Å². The molecule has 1 rings (SSSR count). The number of rotatable bonds is 7. The predicted octanol–water partition coefficient (Wildman–Crippen LogP) is 3.13. The lowest BCUT2D eigenvalue weighted by Gasteiger charge is -2.08. The van der Waals surface area contributed by atoms with Gasteiger partial charge in [0, 0.05) is 11.0 Å². The summed E-state index contributed by atoms with van der Waals surface area (Å²) in [5, 5.41) is 3.22. The Kier molecular flexibility index (Phi) is 6.38. The van der Waals surface area contributed by atoms with Gasteiger partial charge in [-0.05, 0) is 23.7 Å².